The van der Waals surface area contributed by atoms with Crippen molar-refractivity contribution in [3.05, 3.63) is 35.9 Å². The Morgan fingerprint density at radius 2 is 1.92 bits per heavy atom. The topological polar surface area (TPSA) is 58.6 Å². The molecule has 142 valence electrons. The molecule has 2 aliphatic rings. The maximum atomic E-state index is 13.2. The summed E-state index contributed by atoms with van der Waals surface area (Å²) < 4.78 is 5.80. The Labute approximate surface area is 156 Å². The van der Waals surface area contributed by atoms with Gasteiger partial charge in [-0.3, -0.25) is 9.59 Å². The molecular weight excluding hydrogens is 328 g/mol. The van der Waals surface area contributed by atoms with Gasteiger partial charge in [0.2, 0.25) is 5.91 Å². The number of hydrogen-bond donors (Lipinski definition) is 1. The molecule has 0 unspecified atom stereocenters. The predicted octanol–water partition coefficient (Wildman–Crippen LogP) is 3.20. The minimum atomic E-state index is -0.679. The molecule has 1 saturated heterocycles. The van der Waals surface area contributed by atoms with Crippen LogP contribution in [0.5, 0.6) is 0 Å². The summed E-state index contributed by atoms with van der Waals surface area (Å²) in [5.74, 6) is -0.162. The third-order valence-corrected chi connectivity index (χ3v) is 5.84. The second-order valence-corrected chi connectivity index (χ2v) is 7.81. The molecule has 2 fully saturated rings. The molecule has 1 saturated carbocycles. The van der Waals surface area contributed by atoms with E-state index in [1.807, 2.05) is 44.2 Å². The molecule has 1 aliphatic heterocycles. The Morgan fingerprint density at radius 1 is 1.27 bits per heavy atom. The lowest BCUT2D eigenvalue weighted by atomic mass is 9.91. The van der Waals surface area contributed by atoms with Gasteiger partial charge in [-0.15, -0.1) is 0 Å². The minimum absolute atomic E-state index is 0.00137. The minimum Gasteiger partial charge on any atom is -0.356 e. The molecule has 0 spiro atoms. The molecule has 0 radical (unpaired) electrons. The van der Waals surface area contributed by atoms with Gasteiger partial charge < -0.3 is 15.0 Å². The van der Waals surface area contributed by atoms with Gasteiger partial charge in [0.1, 0.15) is 6.61 Å². The summed E-state index contributed by atoms with van der Waals surface area (Å²) in [5.41, 5.74) is 0.817. The average molecular weight is 358 g/mol. The molecule has 3 rings (SSSR count). The summed E-state index contributed by atoms with van der Waals surface area (Å²) in [5, 5.41) is 3.28. The van der Waals surface area contributed by atoms with Crippen LogP contribution < -0.4 is 5.32 Å². The third kappa shape index (κ3) is 3.63. The SMILES string of the molecule is CCC1(NC(=O)[C@H]2OCC(=O)N(C(C)C)[C@@H]2c2ccccc2)CCCC1. The Bertz CT molecular complexity index is 638. The first-order valence-electron chi connectivity index (χ1n) is 9.77. The molecule has 1 aliphatic carbocycles. The van der Waals surface area contributed by atoms with Crippen LogP contribution in [0, 0.1) is 0 Å². The van der Waals surface area contributed by atoms with E-state index in [1.54, 1.807) is 4.90 Å². The van der Waals surface area contributed by atoms with Gasteiger partial charge in [0.15, 0.2) is 6.10 Å². The summed E-state index contributed by atoms with van der Waals surface area (Å²) in [6.07, 6.45) is 4.59. The molecule has 0 aromatic heterocycles. The number of amides is 2. The van der Waals surface area contributed by atoms with E-state index in [-0.39, 0.29) is 30.0 Å². The van der Waals surface area contributed by atoms with E-state index in [0.717, 1.165) is 37.7 Å². The fraction of sp³-hybridized carbons (Fsp3) is 0.619. The van der Waals surface area contributed by atoms with Crippen molar-refractivity contribution in [2.24, 2.45) is 0 Å². The zero-order valence-corrected chi connectivity index (χ0v) is 16.0. The number of carbonyl (C=O) groups is 2. The quantitative estimate of drug-likeness (QED) is 0.879. The smallest absolute Gasteiger partial charge is 0.252 e. The van der Waals surface area contributed by atoms with Crippen LogP contribution in [0.2, 0.25) is 0 Å². The summed E-state index contributed by atoms with van der Waals surface area (Å²) in [6, 6.07) is 9.35. The number of rotatable bonds is 5. The van der Waals surface area contributed by atoms with Crippen LogP contribution >= 0.6 is 0 Å². The van der Waals surface area contributed by atoms with Crippen molar-refractivity contribution in [3.63, 3.8) is 0 Å². The lowest BCUT2D eigenvalue weighted by molar-refractivity contribution is -0.167. The number of nitrogens with zero attached hydrogens (tertiary/aromatic N) is 1. The molecule has 1 aromatic rings. The molecule has 1 aromatic carbocycles. The van der Waals surface area contributed by atoms with E-state index >= 15 is 0 Å². The van der Waals surface area contributed by atoms with Crippen LogP contribution in [-0.2, 0) is 14.3 Å². The lowest BCUT2D eigenvalue weighted by Gasteiger charge is -2.44. The monoisotopic (exact) mass is 358 g/mol. The largest absolute Gasteiger partial charge is 0.356 e. The molecule has 2 amide bonds. The molecule has 26 heavy (non-hydrogen) atoms. The summed E-state index contributed by atoms with van der Waals surface area (Å²) in [7, 11) is 0. The van der Waals surface area contributed by atoms with Crippen LogP contribution in [0.15, 0.2) is 30.3 Å². The summed E-state index contributed by atoms with van der Waals surface area (Å²) >= 11 is 0. The number of ether oxygens (including phenoxy) is 1. The first-order chi connectivity index (χ1) is 12.5. The maximum Gasteiger partial charge on any atom is 0.252 e. The van der Waals surface area contributed by atoms with Crippen molar-refractivity contribution in [2.45, 2.75) is 76.6 Å². The Balaban J connectivity index is 1.90. The molecule has 2 atom stereocenters. The Hall–Kier alpha value is -1.88. The van der Waals surface area contributed by atoms with Gasteiger partial charge in [0.25, 0.3) is 5.91 Å². The summed E-state index contributed by atoms with van der Waals surface area (Å²) in [6.45, 7) is 6.06. The fourth-order valence-electron chi connectivity index (χ4n) is 4.39. The highest BCUT2D eigenvalue weighted by Gasteiger charge is 2.45. The predicted molar refractivity (Wildman–Crippen MR) is 101 cm³/mol. The van der Waals surface area contributed by atoms with Crippen molar-refractivity contribution in [1.29, 1.82) is 0 Å². The second kappa shape index (κ2) is 7.78. The van der Waals surface area contributed by atoms with Crippen LogP contribution in [-0.4, -0.2) is 41.0 Å². The molecule has 0 bridgehead atoms. The highest BCUT2D eigenvalue weighted by Crippen LogP contribution is 2.35. The van der Waals surface area contributed by atoms with E-state index in [4.69, 9.17) is 4.74 Å². The Morgan fingerprint density at radius 3 is 2.50 bits per heavy atom. The molecule has 5 heteroatoms. The van der Waals surface area contributed by atoms with E-state index in [0.29, 0.717) is 0 Å². The van der Waals surface area contributed by atoms with Gasteiger partial charge in [-0.1, -0.05) is 50.1 Å². The van der Waals surface area contributed by atoms with Crippen LogP contribution in [0.3, 0.4) is 0 Å². The van der Waals surface area contributed by atoms with Crippen molar-refractivity contribution in [1.82, 2.24) is 10.2 Å². The van der Waals surface area contributed by atoms with Crippen molar-refractivity contribution >= 4 is 11.8 Å². The number of hydrogen-bond acceptors (Lipinski definition) is 3. The van der Waals surface area contributed by atoms with E-state index in [1.165, 1.54) is 0 Å². The first-order valence-corrected chi connectivity index (χ1v) is 9.77. The van der Waals surface area contributed by atoms with Gasteiger partial charge >= 0.3 is 0 Å². The number of benzene rings is 1. The van der Waals surface area contributed by atoms with Gasteiger partial charge in [0, 0.05) is 11.6 Å². The Kier molecular flexibility index (Phi) is 5.66. The van der Waals surface area contributed by atoms with Crippen LogP contribution in [0.4, 0.5) is 0 Å². The highest BCUT2D eigenvalue weighted by atomic mass is 16.5. The van der Waals surface area contributed by atoms with E-state index < -0.39 is 12.1 Å². The molecular formula is C21H30N2O3. The lowest BCUT2D eigenvalue weighted by Crippen LogP contribution is -2.59. The highest BCUT2D eigenvalue weighted by molar-refractivity contribution is 5.87. The van der Waals surface area contributed by atoms with Crippen LogP contribution in [0.25, 0.3) is 0 Å². The van der Waals surface area contributed by atoms with Gasteiger partial charge in [-0.05, 0) is 38.7 Å². The van der Waals surface area contributed by atoms with Gasteiger partial charge in [-0.25, -0.2) is 0 Å². The molecule has 5 nitrogen and oxygen atoms in total. The van der Waals surface area contributed by atoms with Gasteiger partial charge in [0.05, 0.1) is 6.04 Å². The standard InChI is InChI=1S/C21H30N2O3/c1-4-21(12-8-9-13-21)22-20(25)19-18(16-10-6-5-7-11-16)23(15(2)3)17(24)14-26-19/h5-7,10-11,15,18-19H,4,8-9,12-14H2,1-3H3,(H,22,25)/t18-,19+/m1/s1. The van der Waals surface area contributed by atoms with Crippen molar-refractivity contribution < 1.29 is 14.3 Å². The zero-order valence-electron chi connectivity index (χ0n) is 16.0. The fourth-order valence-corrected chi connectivity index (χ4v) is 4.39. The van der Waals surface area contributed by atoms with Crippen molar-refractivity contribution in [2.75, 3.05) is 6.61 Å². The van der Waals surface area contributed by atoms with Gasteiger partial charge in [-0.2, -0.15) is 0 Å². The normalized spacial score (nSPS) is 25.5. The maximum absolute atomic E-state index is 13.2. The molecule has 1 N–H and O–H groups in total. The first kappa shape index (κ1) is 18.9. The number of nitrogens with one attached hydrogen (secondary N) is 1. The second-order valence-electron chi connectivity index (χ2n) is 7.81. The number of carbonyl (C=O) groups excluding carboxylic acids is 2. The zero-order chi connectivity index (χ0) is 18.7. The number of morpholine rings is 1. The average Bonchev–Trinajstić information content (AvgIpc) is 3.10. The molecule has 1 heterocycles. The van der Waals surface area contributed by atoms with E-state index in [9.17, 15) is 9.59 Å². The van der Waals surface area contributed by atoms with E-state index in [2.05, 4.69) is 12.2 Å². The summed E-state index contributed by atoms with van der Waals surface area (Å²) in [4.78, 5) is 27.5. The van der Waals surface area contributed by atoms with Crippen molar-refractivity contribution in [3.8, 4) is 0 Å². The van der Waals surface area contributed by atoms with Crippen LogP contribution in [0.1, 0.15) is 64.5 Å². The third-order valence-electron chi connectivity index (χ3n) is 5.84.